The SMILES string of the molecule is Cc1ccc(N2CCC3C(C2)NCC3(C)C)c(C)c1. The van der Waals surface area contributed by atoms with Crippen LogP contribution < -0.4 is 10.2 Å². The van der Waals surface area contributed by atoms with E-state index in [0.717, 1.165) is 12.5 Å². The van der Waals surface area contributed by atoms with Crippen LogP contribution in [0.4, 0.5) is 5.69 Å². The Morgan fingerprint density at radius 3 is 2.79 bits per heavy atom. The molecule has 2 aliphatic heterocycles. The molecular formula is C17H26N2. The molecule has 104 valence electrons. The first-order valence-corrected chi connectivity index (χ1v) is 7.53. The molecule has 0 spiro atoms. The van der Waals surface area contributed by atoms with Gasteiger partial charge in [-0.1, -0.05) is 31.5 Å². The van der Waals surface area contributed by atoms with Gasteiger partial charge in [0.2, 0.25) is 0 Å². The minimum atomic E-state index is 0.471. The summed E-state index contributed by atoms with van der Waals surface area (Å²) in [5.74, 6) is 0.842. The van der Waals surface area contributed by atoms with Gasteiger partial charge in [-0.05, 0) is 43.2 Å². The molecule has 0 radical (unpaired) electrons. The summed E-state index contributed by atoms with van der Waals surface area (Å²) in [6.45, 7) is 12.8. The first-order chi connectivity index (χ1) is 8.97. The Morgan fingerprint density at radius 1 is 1.26 bits per heavy atom. The normalized spacial score (nSPS) is 29.4. The summed E-state index contributed by atoms with van der Waals surface area (Å²) in [7, 11) is 0. The Bertz CT molecular complexity index is 478. The maximum atomic E-state index is 3.74. The number of hydrogen-bond acceptors (Lipinski definition) is 2. The van der Waals surface area contributed by atoms with Gasteiger partial charge in [0, 0.05) is 31.4 Å². The lowest BCUT2D eigenvalue weighted by atomic mass is 9.75. The number of piperidine rings is 1. The average Bonchev–Trinajstić information content (AvgIpc) is 2.65. The fourth-order valence-corrected chi connectivity index (χ4v) is 4.00. The highest BCUT2D eigenvalue weighted by atomic mass is 15.2. The van der Waals surface area contributed by atoms with Gasteiger partial charge in [-0.3, -0.25) is 0 Å². The molecule has 0 bridgehead atoms. The van der Waals surface area contributed by atoms with Gasteiger partial charge in [-0.15, -0.1) is 0 Å². The van der Waals surface area contributed by atoms with E-state index < -0.39 is 0 Å². The van der Waals surface area contributed by atoms with E-state index in [1.54, 1.807) is 0 Å². The van der Waals surface area contributed by atoms with Crippen molar-refractivity contribution < 1.29 is 0 Å². The molecule has 0 saturated carbocycles. The van der Waals surface area contributed by atoms with Gasteiger partial charge in [-0.2, -0.15) is 0 Å². The third-order valence-electron chi connectivity index (χ3n) is 5.13. The summed E-state index contributed by atoms with van der Waals surface area (Å²) in [6.07, 6.45) is 1.32. The van der Waals surface area contributed by atoms with Gasteiger partial charge >= 0.3 is 0 Å². The molecule has 1 N–H and O–H groups in total. The number of nitrogens with zero attached hydrogens (tertiary/aromatic N) is 1. The Hall–Kier alpha value is -1.02. The quantitative estimate of drug-likeness (QED) is 0.832. The number of nitrogens with one attached hydrogen (secondary N) is 1. The topological polar surface area (TPSA) is 15.3 Å². The zero-order valence-electron chi connectivity index (χ0n) is 12.7. The molecule has 2 fully saturated rings. The van der Waals surface area contributed by atoms with Gasteiger partial charge in [0.05, 0.1) is 0 Å². The zero-order valence-corrected chi connectivity index (χ0v) is 12.7. The van der Waals surface area contributed by atoms with Gasteiger partial charge < -0.3 is 10.2 Å². The van der Waals surface area contributed by atoms with E-state index >= 15 is 0 Å². The van der Waals surface area contributed by atoms with Crippen molar-refractivity contribution in [3.05, 3.63) is 29.3 Å². The van der Waals surface area contributed by atoms with E-state index in [0.29, 0.717) is 11.5 Å². The van der Waals surface area contributed by atoms with E-state index in [1.807, 2.05) is 0 Å². The van der Waals surface area contributed by atoms with Crippen molar-refractivity contribution in [3.63, 3.8) is 0 Å². The minimum Gasteiger partial charge on any atom is -0.370 e. The number of aryl methyl sites for hydroxylation is 2. The lowest BCUT2D eigenvalue weighted by Crippen LogP contribution is -2.48. The first kappa shape index (κ1) is 13.0. The van der Waals surface area contributed by atoms with Crippen LogP contribution in [0.5, 0.6) is 0 Å². The van der Waals surface area contributed by atoms with Crippen LogP contribution in [0.1, 0.15) is 31.4 Å². The second-order valence-electron chi connectivity index (χ2n) is 7.11. The van der Waals surface area contributed by atoms with Crippen molar-refractivity contribution >= 4 is 5.69 Å². The zero-order chi connectivity index (χ0) is 13.6. The van der Waals surface area contributed by atoms with Crippen LogP contribution in [0, 0.1) is 25.2 Å². The van der Waals surface area contributed by atoms with Crippen LogP contribution in [-0.2, 0) is 0 Å². The standard InChI is InChI=1S/C17H26N2/c1-12-5-6-16(13(2)9-12)19-8-7-14-15(10-19)18-11-17(14,3)4/h5-6,9,14-15,18H,7-8,10-11H2,1-4H3. The van der Waals surface area contributed by atoms with Gasteiger partial charge in [0.1, 0.15) is 0 Å². The smallest absolute Gasteiger partial charge is 0.0396 e. The van der Waals surface area contributed by atoms with E-state index in [9.17, 15) is 0 Å². The molecule has 19 heavy (non-hydrogen) atoms. The maximum absolute atomic E-state index is 3.74. The van der Waals surface area contributed by atoms with Crippen molar-refractivity contribution in [1.29, 1.82) is 0 Å². The molecule has 2 nitrogen and oxygen atoms in total. The molecule has 0 aromatic heterocycles. The molecule has 0 amide bonds. The number of fused-ring (bicyclic) bond motifs is 1. The Kier molecular flexibility index (Phi) is 3.09. The molecule has 2 heteroatoms. The van der Waals surface area contributed by atoms with Crippen molar-refractivity contribution in [3.8, 4) is 0 Å². The predicted molar refractivity (Wildman–Crippen MR) is 81.8 cm³/mol. The van der Waals surface area contributed by atoms with E-state index in [1.165, 1.54) is 36.3 Å². The largest absolute Gasteiger partial charge is 0.370 e. The second-order valence-corrected chi connectivity index (χ2v) is 7.11. The highest BCUT2D eigenvalue weighted by Crippen LogP contribution is 2.40. The number of hydrogen-bond donors (Lipinski definition) is 1. The lowest BCUT2D eigenvalue weighted by Gasteiger charge is -2.40. The molecule has 2 aliphatic rings. The second kappa shape index (κ2) is 4.52. The predicted octanol–water partition coefficient (Wildman–Crippen LogP) is 3.13. The van der Waals surface area contributed by atoms with Crippen LogP contribution >= 0.6 is 0 Å². The number of rotatable bonds is 1. The van der Waals surface area contributed by atoms with Crippen molar-refractivity contribution in [2.45, 2.75) is 40.2 Å². The fraction of sp³-hybridized carbons (Fsp3) is 0.647. The Labute approximate surface area is 117 Å². The number of anilines is 1. The molecule has 2 heterocycles. The van der Waals surface area contributed by atoms with Gasteiger partial charge in [-0.25, -0.2) is 0 Å². The minimum absolute atomic E-state index is 0.471. The van der Waals surface area contributed by atoms with E-state index in [4.69, 9.17) is 0 Å². The molecule has 2 saturated heterocycles. The van der Waals surface area contributed by atoms with Crippen molar-refractivity contribution in [2.75, 3.05) is 24.5 Å². The molecule has 3 rings (SSSR count). The highest BCUT2D eigenvalue weighted by Gasteiger charge is 2.44. The molecule has 1 aromatic rings. The Morgan fingerprint density at radius 2 is 2.05 bits per heavy atom. The van der Waals surface area contributed by atoms with Crippen LogP contribution in [0.15, 0.2) is 18.2 Å². The number of benzene rings is 1. The highest BCUT2D eigenvalue weighted by molar-refractivity contribution is 5.55. The summed E-state index contributed by atoms with van der Waals surface area (Å²) in [5, 5.41) is 3.74. The average molecular weight is 258 g/mol. The van der Waals surface area contributed by atoms with E-state index in [-0.39, 0.29) is 0 Å². The molecule has 1 aromatic carbocycles. The van der Waals surface area contributed by atoms with Crippen LogP contribution in [0.2, 0.25) is 0 Å². The van der Waals surface area contributed by atoms with Gasteiger partial charge in [0.25, 0.3) is 0 Å². The molecule has 2 atom stereocenters. The third kappa shape index (κ3) is 2.27. The summed E-state index contributed by atoms with van der Waals surface area (Å²) in [4.78, 5) is 2.57. The summed E-state index contributed by atoms with van der Waals surface area (Å²) in [6, 6.07) is 7.50. The van der Waals surface area contributed by atoms with Crippen molar-refractivity contribution in [1.82, 2.24) is 5.32 Å². The third-order valence-corrected chi connectivity index (χ3v) is 5.13. The Balaban J connectivity index is 1.79. The summed E-state index contributed by atoms with van der Waals surface area (Å²) in [5.41, 5.74) is 4.67. The van der Waals surface area contributed by atoms with Crippen LogP contribution in [0.25, 0.3) is 0 Å². The lowest BCUT2D eigenvalue weighted by molar-refractivity contribution is 0.227. The van der Waals surface area contributed by atoms with Crippen molar-refractivity contribution in [2.24, 2.45) is 11.3 Å². The monoisotopic (exact) mass is 258 g/mol. The van der Waals surface area contributed by atoms with Crippen LogP contribution in [0.3, 0.4) is 0 Å². The molecule has 2 unspecified atom stereocenters. The maximum Gasteiger partial charge on any atom is 0.0396 e. The summed E-state index contributed by atoms with van der Waals surface area (Å²) >= 11 is 0. The van der Waals surface area contributed by atoms with Crippen LogP contribution in [-0.4, -0.2) is 25.7 Å². The van der Waals surface area contributed by atoms with Gasteiger partial charge in [0.15, 0.2) is 0 Å². The summed E-state index contributed by atoms with van der Waals surface area (Å²) < 4.78 is 0. The fourth-order valence-electron chi connectivity index (χ4n) is 4.00. The molecular weight excluding hydrogens is 232 g/mol. The first-order valence-electron chi connectivity index (χ1n) is 7.53. The molecule has 0 aliphatic carbocycles. The van der Waals surface area contributed by atoms with E-state index in [2.05, 4.69) is 56.1 Å².